The number of furan rings is 1. The van der Waals surface area contributed by atoms with Crippen LogP contribution in [-0.4, -0.2) is 53.1 Å². The second kappa shape index (κ2) is 8.67. The molecule has 1 saturated heterocycles. The average Bonchev–Trinajstić information content (AvgIpc) is 3.15. The largest absolute Gasteiger partial charge is 0.467 e. The molecular formula is C19H30N2O3. The zero-order valence-corrected chi connectivity index (χ0v) is 14.5. The minimum atomic E-state index is -0.00842. The van der Waals surface area contributed by atoms with Gasteiger partial charge in [-0.25, -0.2) is 0 Å². The van der Waals surface area contributed by atoms with E-state index in [0.717, 1.165) is 31.7 Å². The highest BCUT2D eigenvalue weighted by Gasteiger charge is 2.32. The Morgan fingerprint density at radius 3 is 2.79 bits per heavy atom. The summed E-state index contributed by atoms with van der Waals surface area (Å²) in [7, 11) is 0. The topological polar surface area (TPSA) is 56.9 Å². The van der Waals surface area contributed by atoms with E-state index in [9.17, 15) is 9.90 Å². The van der Waals surface area contributed by atoms with Gasteiger partial charge in [-0.3, -0.25) is 9.69 Å². The molecule has 1 atom stereocenters. The molecule has 1 aliphatic heterocycles. The first-order chi connectivity index (χ1) is 11.8. The number of carbonyl (C=O) groups excluding carboxylic acids is 1. The quantitative estimate of drug-likeness (QED) is 0.869. The fourth-order valence-corrected chi connectivity index (χ4v) is 4.22. The standard InChI is InChI=1S/C19H30N2O3/c22-12-11-21(15-18-9-5-13-24-18)19(23)16-6-4-10-20(14-16)17-7-2-1-3-8-17/h5,9,13,16-17,22H,1-4,6-8,10-12,14-15H2/t16-/m1/s1. The summed E-state index contributed by atoms with van der Waals surface area (Å²) in [5.74, 6) is 1.000. The maximum Gasteiger partial charge on any atom is 0.227 e. The van der Waals surface area contributed by atoms with Gasteiger partial charge in [0.25, 0.3) is 0 Å². The Labute approximate surface area is 144 Å². The molecule has 5 nitrogen and oxygen atoms in total. The summed E-state index contributed by atoms with van der Waals surface area (Å²) in [6.45, 7) is 2.83. The van der Waals surface area contributed by atoms with Crippen molar-refractivity contribution in [3.8, 4) is 0 Å². The van der Waals surface area contributed by atoms with Gasteiger partial charge in [0.15, 0.2) is 0 Å². The molecule has 2 fully saturated rings. The van der Waals surface area contributed by atoms with Crippen LogP contribution in [0.1, 0.15) is 50.7 Å². The van der Waals surface area contributed by atoms with E-state index in [2.05, 4.69) is 4.90 Å². The summed E-state index contributed by atoms with van der Waals surface area (Å²) in [6.07, 6.45) is 10.3. The second-order valence-corrected chi connectivity index (χ2v) is 7.19. The summed E-state index contributed by atoms with van der Waals surface area (Å²) in [4.78, 5) is 17.3. The molecule has 1 N–H and O–H groups in total. The van der Waals surface area contributed by atoms with Crippen LogP contribution in [0, 0.1) is 5.92 Å². The van der Waals surface area contributed by atoms with Crippen molar-refractivity contribution in [3.63, 3.8) is 0 Å². The Morgan fingerprint density at radius 2 is 2.08 bits per heavy atom. The Hall–Kier alpha value is -1.33. The maximum atomic E-state index is 13.0. The Bertz CT molecular complexity index is 497. The lowest BCUT2D eigenvalue weighted by molar-refractivity contribution is -0.139. The molecule has 1 aromatic rings. The fourth-order valence-electron chi connectivity index (χ4n) is 4.22. The molecule has 0 aromatic carbocycles. The van der Waals surface area contributed by atoms with E-state index in [1.807, 2.05) is 12.1 Å². The first kappa shape index (κ1) is 17.5. The SMILES string of the molecule is O=C([C@@H]1CCCN(C2CCCCC2)C1)N(CCO)Cc1ccco1. The highest BCUT2D eigenvalue weighted by molar-refractivity contribution is 5.79. The predicted molar refractivity (Wildman–Crippen MR) is 92.4 cm³/mol. The number of aliphatic hydroxyl groups excluding tert-OH is 1. The van der Waals surface area contributed by atoms with Gasteiger partial charge in [-0.15, -0.1) is 0 Å². The fraction of sp³-hybridized carbons (Fsp3) is 0.737. The van der Waals surface area contributed by atoms with Gasteiger partial charge in [-0.2, -0.15) is 0 Å². The maximum absolute atomic E-state index is 13.0. The lowest BCUT2D eigenvalue weighted by atomic mass is 9.89. The minimum absolute atomic E-state index is 0.00842. The van der Waals surface area contributed by atoms with Crippen molar-refractivity contribution >= 4 is 5.91 Å². The molecule has 134 valence electrons. The summed E-state index contributed by atoms with van der Waals surface area (Å²) in [6, 6.07) is 4.39. The van der Waals surface area contributed by atoms with E-state index >= 15 is 0 Å². The van der Waals surface area contributed by atoms with Gasteiger partial charge in [0, 0.05) is 19.1 Å². The first-order valence-corrected chi connectivity index (χ1v) is 9.44. The van der Waals surface area contributed by atoms with Crippen molar-refractivity contribution in [2.45, 2.75) is 57.5 Å². The van der Waals surface area contributed by atoms with Gasteiger partial charge in [0.1, 0.15) is 5.76 Å². The number of amides is 1. The van der Waals surface area contributed by atoms with Gasteiger partial charge in [0.05, 0.1) is 25.3 Å². The van der Waals surface area contributed by atoms with E-state index in [1.54, 1.807) is 11.2 Å². The zero-order valence-electron chi connectivity index (χ0n) is 14.5. The monoisotopic (exact) mass is 334 g/mol. The van der Waals surface area contributed by atoms with Crippen LogP contribution in [0.5, 0.6) is 0 Å². The molecule has 1 amide bonds. The molecule has 24 heavy (non-hydrogen) atoms. The number of hydrogen-bond acceptors (Lipinski definition) is 4. The third kappa shape index (κ3) is 4.39. The Morgan fingerprint density at radius 1 is 1.25 bits per heavy atom. The molecule has 1 aromatic heterocycles. The molecule has 3 rings (SSSR count). The molecule has 5 heteroatoms. The molecule has 0 spiro atoms. The molecule has 2 heterocycles. The molecule has 2 aliphatic rings. The Kier molecular flexibility index (Phi) is 6.32. The molecular weight excluding hydrogens is 304 g/mol. The van der Waals surface area contributed by atoms with Gasteiger partial charge in [0.2, 0.25) is 5.91 Å². The highest BCUT2D eigenvalue weighted by atomic mass is 16.3. The highest BCUT2D eigenvalue weighted by Crippen LogP contribution is 2.28. The van der Waals surface area contributed by atoms with Crippen molar-refractivity contribution < 1.29 is 14.3 Å². The van der Waals surface area contributed by atoms with E-state index in [-0.39, 0.29) is 18.4 Å². The lowest BCUT2D eigenvalue weighted by Crippen LogP contribution is -2.48. The normalized spacial score (nSPS) is 23.3. The number of likely N-dealkylation sites (tertiary alicyclic amines) is 1. The Balaban J connectivity index is 1.60. The number of rotatable bonds is 6. The molecule has 1 saturated carbocycles. The summed E-state index contributed by atoms with van der Waals surface area (Å²) < 4.78 is 5.38. The summed E-state index contributed by atoms with van der Waals surface area (Å²) in [5.41, 5.74) is 0. The van der Waals surface area contributed by atoms with Crippen molar-refractivity contribution in [1.82, 2.24) is 9.80 Å². The third-order valence-electron chi connectivity index (χ3n) is 5.50. The van der Waals surface area contributed by atoms with Crippen molar-refractivity contribution in [2.75, 3.05) is 26.2 Å². The van der Waals surface area contributed by atoms with Crippen molar-refractivity contribution in [3.05, 3.63) is 24.2 Å². The second-order valence-electron chi connectivity index (χ2n) is 7.19. The van der Waals surface area contributed by atoms with Crippen LogP contribution in [0.25, 0.3) is 0 Å². The van der Waals surface area contributed by atoms with E-state index < -0.39 is 0 Å². The zero-order chi connectivity index (χ0) is 16.8. The van der Waals surface area contributed by atoms with E-state index in [1.165, 1.54) is 32.1 Å². The van der Waals surface area contributed by atoms with Crippen LogP contribution in [0.15, 0.2) is 22.8 Å². The number of piperidine rings is 1. The number of carbonyl (C=O) groups is 1. The average molecular weight is 334 g/mol. The van der Waals surface area contributed by atoms with Gasteiger partial charge in [-0.05, 0) is 44.4 Å². The lowest BCUT2D eigenvalue weighted by Gasteiger charge is -2.40. The third-order valence-corrected chi connectivity index (χ3v) is 5.50. The van der Waals surface area contributed by atoms with Crippen LogP contribution >= 0.6 is 0 Å². The van der Waals surface area contributed by atoms with Gasteiger partial charge in [-0.1, -0.05) is 19.3 Å². The predicted octanol–water partition coefficient (Wildman–Crippen LogP) is 2.65. The molecule has 1 aliphatic carbocycles. The van der Waals surface area contributed by atoms with E-state index in [4.69, 9.17) is 4.42 Å². The summed E-state index contributed by atoms with van der Waals surface area (Å²) >= 11 is 0. The number of hydrogen-bond donors (Lipinski definition) is 1. The van der Waals surface area contributed by atoms with Crippen LogP contribution in [0.4, 0.5) is 0 Å². The van der Waals surface area contributed by atoms with Crippen molar-refractivity contribution in [2.24, 2.45) is 5.92 Å². The van der Waals surface area contributed by atoms with E-state index in [0.29, 0.717) is 19.1 Å². The molecule has 0 bridgehead atoms. The first-order valence-electron chi connectivity index (χ1n) is 9.44. The van der Waals surface area contributed by atoms with Gasteiger partial charge < -0.3 is 14.4 Å². The number of aliphatic hydroxyl groups is 1. The molecule has 0 unspecified atom stereocenters. The van der Waals surface area contributed by atoms with Crippen LogP contribution in [0.2, 0.25) is 0 Å². The van der Waals surface area contributed by atoms with Crippen LogP contribution < -0.4 is 0 Å². The van der Waals surface area contributed by atoms with Crippen LogP contribution in [0.3, 0.4) is 0 Å². The van der Waals surface area contributed by atoms with Crippen LogP contribution in [-0.2, 0) is 11.3 Å². The molecule has 0 radical (unpaired) electrons. The van der Waals surface area contributed by atoms with Crippen molar-refractivity contribution in [1.29, 1.82) is 0 Å². The number of nitrogens with zero attached hydrogens (tertiary/aromatic N) is 2. The smallest absolute Gasteiger partial charge is 0.227 e. The van der Waals surface area contributed by atoms with Gasteiger partial charge >= 0.3 is 0 Å². The summed E-state index contributed by atoms with van der Waals surface area (Å²) in [5, 5.41) is 9.33. The minimum Gasteiger partial charge on any atom is -0.467 e.